The normalized spacial score (nSPS) is 14.2. The fourth-order valence-corrected chi connectivity index (χ4v) is 2.64. The number of nitrogens with zero attached hydrogens (tertiary/aromatic N) is 4. The number of hydrogen-bond donors (Lipinski definition) is 2. The Labute approximate surface area is 141 Å². The van der Waals surface area contributed by atoms with Crippen LogP contribution in [0.5, 0.6) is 5.75 Å². The molecule has 0 spiro atoms. The van der Waals surface area contributed by atoms with Crippen LogP contribution in [0.4, 0.5) is 14.6 Å². The molecule has 1 saturated carbocycles. The third-order valence-corrected chi connectivity index (χ3v) is 4.00. The quantitative estimate of drug-likeness (QED) is 0.731. The van der Waals surface area contributed by atoms with Gasteiger partial charge in [-0.3, -0.25) is 0 Å². The van der Waals surface area contributed by atoms with E-state index >= 15 is 0 Å². The van der Waals surface area contributed by atoms with Gasteiger partial charge in [0.25, 0.3) is 0 Å². The van der Waals surface area contributed by atoms with Gasteiger partial charge in [0.05, 0.1) is 12.8 Å². The van der Waals surface area contributed by atoms with E-state index in [4.69, 9.17) is 15.6 Å². The monoisotopic (exact) mass is 347 g/mol. The topological polar surface area (TPSA) is 98.6 Å². The van der Waals surface area contributed by atoms with Gasteiger partial charge in [0.2, 0.25) is 0 Å². The molecule has 1 fully saturated rings. The molecule has 7 nitrogen and oxygen atoms in total. The maximum absolute atomic E-state index is 14.2. The fourth-order valence-electron chi connectivity index (χ4n) is 2.64. The van der Waals surface area contributed by atoms with E-state index in [9.17, 15) is 8.78 Å². The number of imidazole rings is 1. The Kier molecular flexibility index (Phi) is 3.72. The summed E-state index contributed by atoms with van der Waals surface area (Å²) in [5, 5.41) is 13.5. The Morgan fingerprint density at radius 1 is 1.28 bits per heavy atom. The molecule has 0 amide bonds. The van der Waals surface area contributed by atoms with Crippen molar-refractivity contribution < 1.29 is 18.6 Å². The molecule has 0 aromatic carbocycles. The predicted octanol–water partition coefficient (Wildman–Crippen LogP) is 1.90. The first-order valence-corrected chi connectivity index (χ1v) is 7.82. The highest BCUT2D eigenvalue weighted by Crippen LogP contribution is 2.43. The van der Waals surface area contributed by atoms with Gasteiger partial charge in [0.1, 0.15) is 29.4 Å². The van der Waals surface area contributed by atoms with Gasteiger partial charge >= 0.3 is 0 Å². The van der Waals surface area contributed by atoms with Crippen molar-refractivity contribution in [1.82, 2.24) is 19.6 Å². The lowest BCUT2D eigenvalue weighted by atomic mass is 10.2. The minimum atomic E-state index is -0.915. The number of aliphatic hydroxyl groups excluding tert-OH is 1. The van der Waals surface area contributed by atoms with Crippen molar-refractivity contribution in [2.75, 3.05) is 18.9 Å². The van der Waals surface area contributed by atoms with Gasteiger partial charge in [-0.05, 0) is 12.8 Å². The minimum absolute atomic E-state index is 0.112. The van der Waals surface area contributed by atoms with E-state index in [2.05, 4.69) is 15.1 Å². The molecule has 3 heterocycles. The Bertz CT molecular complexity index is 955. The highest BCUT2D eigenvalue weighted by atomic mass is 19.1. The number of aromatic nitrogens is 4. The van der Waals surface area contributed by atoms with Crippen LogP contribution in [0.3, 0.4) is 0 Å². The summed E-state index contributed by atoms with van der Waals surface area (Å²) in [6.07, 6.45) is 3.36. The van der Waals surface area contributed by atoms with Crippen molar-refractivity contribution in [2.24, 2.45) is 0 Å². The highest BCUT2D eigenvalue weighted by molar-refractivity contribution is 5.63. The number of anilines is 1. The molecular weight excluding hydrogens is 332 g/mol. The third-order valence-electron chi connectivity index (χ3n) is 4.00. The van der Waals surface area contributed by atoms with Gasteiger partial charge in [0.15, 0.2) is 23.1 Å². The molecule has 1 aliphatic carbocycles. The predicted molar refractivity (Wildman–Crippen MR) is 85.1 cm³/mol. The second kappa shape index (κ2) is 5.92. The Morgan fingerprint density at radius 2 is 2.08 bits per heavy atom. The summed E-state index contributed by atoms with van der Waals surface area (Å²) in [5.41, 5.74) is 6.76. The Balaban J connectivity index is 1.86. The molecule has 0 unspecified atom stereocenters. The lowest BCUT2D eigenvalue weighted by molar-refractivity contribution is 0.199. The van der Waals surface area contributed by atoms with E-state index in [0.29, 0.717) is 17.5 Å². The SMILES string of the molecule is Nc1nc(-c2cnc3cc(OCCO)c(C4CC4)nn23)c(F)cc1F. The number of nitrogens with two attached hydrogens (primary N) is 1. The molecule has 9 heteroatoms. The second-order valence-corrected chi connectivity index (χ2v) is 5.84. The summed E-state index contributed by atoms with van der Waals surface area (Å²) >= 11 is 0. The summed E-state index contributed by atoms with van der Waals surface area (Å²) < 4.78 is 34.5. The zero-order valence-electron chi connectivity index (χ0n) is 13.1. The number of halogens is 2. The van der Waals surface area contributed by atoms with E-state index in [-0.39, 0.29) is 30.5 Å². The van der Waals surface area contributed by atoms with Crippen LogP contribution in [0, 0.1) is 11.6 Å². The van der Waals surface area contributed by atoms with Crippen LogP contribution >= 0.6 is 0 Å². The second-order valence-electron chi connectivity index (χ2n) is 5.84. The van der Waals surface area contributed by atoms with Crippen LogP contribution in [0.1, 0.15) is 24.5 Å². The molecule has 25 heavy (non-hydrogen) atoms. The Morgan fingerprint density at radius 3 is 2.80 bits per heavy atom. The van der Waals surface area contributed by atoms with Gasteiger partial charge in [-0.2, -0.15) is 5.10 Å². The maximum Gasteiger partial charge on any atom is 0.168 e. The van der Waals surface area contributed by atoms with Gasteiger partial charge < -0.3 is 15.6 Å². The first kappa shape index (κ1) is 15.7. The lowest BCUT2D eigenvalue weighted by Crippen LogP contribution is -2.08. The number of aliphatic hydroxyl groups is 1. The Hall–Kier alpha value is -2.81. The molecule has 3 aromatic rings. The van der Waals surface area contributed by atoms with Crippen LogP contribution in [0.15, 0.2) is 18.3 Å². The number of hydrogen-bond acceptors (Lipinski definition) is 6. The third kappa shape index (κ3) is 2.76. The zero-order valence-corrected chi connectivity index (χ0v) is 13.1. The first-order valence-electron chi connectivity index (χ1n) is 7.82. The highest BCUT2D eigenvalue weighted by Gasteiger charge is 2.30. The molecule has 0 bridgehead atoms. The van der Waals surface area contributed by atoms with E-state index in [1.54, 1.807) is 6.07 Å². The van der Waals surface area contributed by atoms with Crippen molar-refractivity contribution in [1.29, 1.82) is 0 Å². The van der Waals surface area contributed by atoms with E-state index in [1.165, 1.54) is 10.7 Å². The maximum atomic E-state index is 14.2. The van der Waals surface area contributed by atoms with Crippen LogP contribution in [-0.2, 0) is 0 Å². The summed E-state index contributed by atoms with van der Waals surface area (Å²) in [6.45, 7) is 0.0365. The average Bonchev–Trinajstić information content (AvgIpc) is 3.36. The zero-order chi connectivity index (χ0) is 17.6. The van der Waals surface area contributed by atoms with Crippen molar-refractivity contribution in [3.63, 3.8) is 0 Å². The van der Waals surface area contributed by atoms with Crippen LogP contribution < -0.4 is 10.5 Å². The van der Waals surface area contributed by atoms with Gasteiger partial charge in [-0.15, -0.1) is 0 Å². The molecule has 1 aliphatic rings. The van der Waals surface area contributed by atoms with E-state index in [0.717, 1.165) is 18.5 Å². The van der Waals surface area contributed by atoms with Crippen molar-refractivity contribution in [2.45, 2.75) is 18.8 Å². The summed E-state index contributed by atoms with van der Waals surface area (Å²) in [6, 6.07) is 2.38. The molecular formula is C16H15F2N5O2. The van der Waals surface area contributed by atoms with Crippen LogP contribution in [0.25, 0.3) is 17.0 Å². The molecule has 4 rings (SSSR count). The van der Waals surface area contributed by atoms with E-state index in [1.807, 2.05) is 0 Å². The summed E-state index contributed by atoms with van der Waals surface area (Å²) in [5.74, 6) is -1.35. The molecule has 0 atom stereocenters. The fraction of sp³-hybridized carbons (Fsp3) is 0.312. The number of pyridine rings is 1. The van der Waals surface area contributed by atoms with Crippen molar-refractivity contribution in [3.8, 4) is 17.1 Å². The van der Waals surface area contributed by atoms with E-state index < -0.39 is 17.5 Å². The van der Waals surface area contributed by atoms with Crippen molar-refractivity contribution >= 4 is 11.5 Å². The molecule has 3 N–H and O–H groups in total. The molecule has 0 aliphatic heterocycles. The van der Waals surface area contributed by atoms with Gasteiger partial charge in [-0.1, -0.05) is 0 Å². The number of ether oxygens (including phenoxy) is 1. The molecule has 130 valence electrons. The molecule has 0 saturated heterocycles. The van der Waals surface area contributed by atoms with Gasteiger partial charge in [0, 0.05) is 18.1 Å². The minimum Gasteiger partial charge on any atom is -0.489 e. The number of fused-ring (bicyclic) bond motifs is 1. The van der Waals surface area contributed by atoms with Crippen LogP contribution in [0.2, 0.25) is 0 Å². The number of rotatable bonds is 5. The summed E-state index contributed by atoms with van der Waals surface area (Å²) in [7, 11) is 0. The average molecular weight is 347 g/mol. The van der Waals surface area contributed by atoms with Crippen LogP contribution in [-0.4, -0.2) is 37.9 Å². The molecule has 3 aromatic heterocycles. The smallest absolute Gasteiger partial charge is 0.168 e. The van der Waals surface area contributed by atoms with Crippen molar-refractivity contribution in [3.05, 3.63) is 35.7 Å². The largest absolute Gasteiger partial charge is 0.489 e. The first-order chi connectivity index (χ1) is 12.1. The summed E-state index contributed by atoms with van der Waals surface area (Å²) in [4.78, 5) is 7.98. The standard InChI is InChI=1S/C16H15F2N5O2/c17-9-5-10(18)16(19)21-15(9)11-7-20-13-6-12(25-4-3-24)14(8-1-2-8)22-23(11)13/h5-8,24H,1-4H2,(H2,19,21). The van der Waals surface area contributed by atoms with Gasteiger partial charge in [-0.25, -0.2) is 23.3 Å². The molecule has 0 radical (unpaired) electrons. The number of nitrogen functional groups attached to an aromatic ring is 1. The lowest BCUT2D eigenvalue weighted by Gasteiger charge is -2.11.